The zero-order valence-corrected chi connectivity index (χ0v) is 14.0. The molecular formula is C18H22N4O2. The van der Waals surface area contributed by atoms with Gasteiger partial charge in [0.05, 0.1) is 0 Å². The lowest BCUT2D eigenvalue weighted by atomic mass is 10.2. The highest BCUT2D eigenvalue weighted by Crippen LogP contribution is 2.15. The van der Waals surface area contributed by atoms with Crippen LogP contribution < -0.4 is 10.6 Å². The van der Waals surface area contributed by atoms with Crippen molar-refractivity contribution in [3.63, 3.8) is 0 Å². The van der Waals surface area contributed by atoms with Gasteiger partial charge in [-0.15, -0.1) is 0 Å². The Bertz CT molecular complexity index is 688. The van der Waals surface area contributed by atoms with Gasteiger partial charge in [0.15, 0.2) is 0 Å². The van der Waals surface area contributed by atoms with Crippen molar-refractivity contribution < 1.29 is 9.59 Å². The lowest BCUT2D eigenvalue weighted by Crippen LogP contribution is -2.36. The molecule has 1 aromatic carbocycles. The van der Waals surface area contributed by atoms with Crippen molar-refractivity contribution in [2.24, 2.45) is 0 Å². The summed E-state index contributed by atoms with van der Waals surface area (Å²) < 4.78 is 0. The molecule has 0 saturated carbocycles. The highest BCUT2D eigenvalue weighted by atomic mass is 16.2. The Morgan fingerprint density at radius 1 is 1.08 bits per heavy atom. The Labute approximate surface area is 141 Å². The predicted octanol–water partition coefficient (Wildman–Crippen LogP) is 3.14. The number of urea groups is 1. The second-order valence-electron chi connectivity index (χ2n) is 5.38. The molecule has 2 aromatic rings. The minimum atomic E-state index is -0.161. The summed E-state index contributed by atoms with van der Waals surface area (Å²) in [6.45, 7) is 4.63. The van der Waals surface area contributed by atoms with E-state index in [1.54, 1.807) is 41.6 Å². The van der Waals surface area contributed by atoms with E-state index in [2.05, 4.69) is 15.6 Å². The summed E-state index contributed by atoms with van der Waals surface area (Å²) in [5.41, 5.74) is 2.44. The van der Waals surface area contributed by atoms with Gasteiger partial charge in [0.2, 0.25) is 5.91 Å². The van der Waals surface area contributed by atoms with Gasteiger partial charge in [-0.2, -0.15) is 0 Å². The first kappa shape index (κ1) is 17.5. The lowest BCUT2D eigenvalue weighted by Gasteiger charge is -2.21. The van der Waals surface area contributed by atoms with Gasteiger partial charge in [-0.1, -0.05) is 6.07 Å². The van der Waals surface area contributed by atoms with E-state index in [1.807, 2.05) is 19.1 Å². The average molecular weight is 326 g/mol. The molecule has 2 N–H and O–H groups in total. The van der Waals surface area contributed by atoms with Crippen molar-refractivity contribution in [1.29, 1.82) is 0 Å². The van der Waals surface area contributed by atoms with Crippen LogP contribution in [0.4, 0.5) is 16.2 Å². The molecular weight excluding hydrogens is 304 g/mol. The predicted molar refractivity (Wildman–Crippen MR) is 95.0 cm³/mol. The second kappa shape index (κ2) is 8.67. The number of anilines is 2. The number of likely N-dealkylation sites (N-methyl/N-ethyl adjacent to an activating group) is 1. The van der Waals surface area contributed by atoms with Crippen molar-refractivity contribution in [3.05, 3.63) is 54.4 Å². The fraction of sp³-hybridized carbons (Fsp3) is 0.278. The van der Waals surface area contributed by atoms with Crippen LogP contribution in [0.1, 0.15) is 19.4 Å². The van der Waals surface area contributed by atoms with Crippen LogP contribution in [-0.2, 0) is 11.2 Å². The molecule has 0 bridgehead atoms. The van der Waals surface area contributed by atoms with E-state index in [-0.39, 0.29) is 11.9 Å². The van der Waals surface area contributed by atoms with Gasteiger partial charge < -0.3 is 15.5 Å². The van der Waals surface area contributed by atoms with E-state index in [0.29, 0.717) is 24.5 Å². The monoisotopic (exact) mass is 326 g/mol. The minimum absolute atomic E-state index is 0.147. The quantitative estimate of drug-likeness (QED) is 0.856. The van der Waals surface area contributed by atoms with E-state index < -0.39 is 0 Å². The summed E-state index contributed by atoms with van der Waals surface area (Å²) in [5.74, 6) is -0.147. The van der Waals surface area contributed by atoms with Crippen molar-refractivity contribution >= 4 is 23.3 Å². The number of amides is 3. The number of hydrogen-bond donors (Lipinski definition) is 2. The normalized spacial score (nSPS) is 10.1. The fourth-order valence-electron chi connectivity index (χ4n) is 2.30. The molecule has 0 aliphatic heterocycles. The maximum Gasteiger partial charge on any atom is 0.321 e. The van der Waals surface area contributed by atoms with Crippen LogP contribution in [0.15, 0.2) is 48.8 Å². The Morgan fingerprint density at radius 2 is 1.75 bits per heavy atom. The van der Waals surface area contributed by atoms with E-state index in [9.17, 15) is 9.59 Å². The summed E-state index contributed by atoms with van der Waals surface area (Å²) in [7, 11) is 0. The van der Waals surface area contributed by atoms with Crippen LogP contribution >= 0.6 is 0 Å². The number of nitrogens with one attached hydrogen (secondary N) is 2. The average Bonchev–Trinajstić information content (AvgIpc) is 2.56. The van der Waals surface area contributed by atoms with Crippen LogP contribution in [0.25, 0.3) is 0 Å². The Balaban J connectivity index is 1.95. The van der Waals surface area contributed by atoms with Crippen LogP contribution in [-0.4, -0.2) is 34.9 Å². The standard InChI is InChI=1S/C18H22N4O2/c1-3-22(12-9-15-7-10-19-11-8-15)18(24)21-17-6-4-5-16(13-17)20-14(2)23/h4-8,10-11,13H,3,9,12H2,1-2H3,(H,20,23)(H,21,24). The summed E-state index contributed by atoms with van der Waals surface area (Å²) in [6, 6.07) is 10.8. The first-order chi connectivity index (χ1) is 11.6. The smallest absolute Gasteiger partial charge is 0.321 e. The van der Waals surface area contributed by atoms with Crippen molar-refractivity contribution in [2.75, 3.05) is 23.7 Å². The Hall–Kier alpha value is -2.89. The molecule has 0 aliphatic rings. The highest BCUT2D eigenvalue weighted by molar-refractivity contribution is 5.92. The molecule has 0 atom stereocenters. The van der Waals surface area contributed by atoms with E-state index >= 15 is 0 Å². The third-order valence-electron chi connectivity index (χ3n) is 3.52. The van der Waals surface area contributed by atoms with Gasteiger partial charge in [-0.3, -0.25) is 9.78 Å². The zero-order valence-electron chi connectivity index (χ0n) is 14.0. The van der Waals surface area contributed by atoms with Crippen LogP contribution in [0, 0.1) is 0 Å². The molecule has 0 saturated heterocycles. The van der Waals surface area contributed by atoms with Crippen molar-refractivity contribution in [1.82, 2.24) is 9.88 Å². The third-order valence-corrected chi connectivity index (χ3v) is 3.52. The summed E-state index contributed by atoms with van der Waals surface area (Å²) in [4.78, 5) is 29.3. The van der Waals surface area contributed by atoms with E-state index in [0.717, 1.165) is 12.0 Å². The van der Waals surface area contributed by atoms with Gasteiger partial charge >= 0.3 is 6.03 Å². The number of benzene rings is 1. The number of carbonyl (C=O) groups excluding carboxylic acids is 2. The molecule has 24 heavy (non-hydrogen) atoms. The van der Waals surface area contributed by atoms with Gasteiger partial charge in [-0.25, -0.2) is 4.79 Å². The summed E-state index contributed by atoms with van der Waals surface area (Å²) in [6.07, 6.45) is 4.27. The second-order valence-corrected chi connectivity index (χ2v) is 5.38. The summed E-state index contributed by atoms with van der Waals surface area (Å²) >= 11 is 0. The van der Waals surface area contributed by atoms with E-state index in [4.69, 9.17) is 0 Å². The van der Waals surface area contributed by atoms with E-state index in [1.165, 1.54) is 6.92 Å². The molecule has 0 spiro atoms. The lowest BCUT2D eigenvalue weighted by molar-refractivity contribution is -0.114. The molecule has 3 amide bonds. The first-order valence-corrected chi connectivity index (χ1v) is 7.91. The van der Waals surface area contributed by atoms with Gasteiger partial charge in [0.1, 0.15) is 0 Å². The molecule has 6 nitrogen and oxygen atoms in total. The van der Waals surface area contributed by atoms with Crippen LogP contribution in [0.5, 0.6) is 0 Å². The molecule has 1 aromatic heterocycles. The molecule has 126 valence electrons. The molecule has 1 heterocycles. The maximum absolute atomic E-state index is 12.4. The highest BCUT2D eigenvalue weighted by Gasteiger charge is 2.12. The fourth-order valence-corrected chi connectivity index (χ4v) is 2.30. The largest absolute Gasteiger partial charge is 0.326 e. The molecule has 0 fully saturated rings. The zero-order chi connectivity index (χ0) is 17.4. The number of rotatable bonds is 6. The van der Waals surface area contributed by atoms with Crippen LogP contribution in [0.3, 0.4) is 0 Å². The number of nitrogens with zero attached hydrogens (tertiary/aromatic N) is 2. The molecule has 0 radical (unpaired) electrons. The number of carbonyl (C=O) groups is 2. The van der Waals surface area contributed by atoms with Crippen molar-refractivity contribution in [2.45, 2.75) is 20.3 Å². The molecule has 0 aliphatic carbocycles. The Morgan fingerprint density at radius 3 is 2.38 bits per heavy atom. The maximum atomic E-state index is 12.4. The molecule has 2 rings (SSSR count). The van der Waals surface area contributed by atoms with Crippen molar-refractivity contribution in [3.8, 4) is 0 Å². The van der Waals surface area contributed by atoms with Gasteiger partial charge in [-0.05, 0) is 49.2 Å². The SMILES string of the molecule is CCN(CCc1ccncc1)C(=O)Nc1cccc(NC(C)=O)c1. The number of pyridine rings is 1. The Kier molecular flexibility index (Phi) is 6.31. The number of hydrogen-bond acceptors (Lipinski definition) is 3. The first-order valence-electron chi connectivity index (χ1n) is 7.91. The third kappa shape index (κ3) is 5.39. The number of aromatic nitrogens is 1. The van der Waals surface area contributed by atoms with Crippen LogP contribution in [0.2, 0.25) is 0 Å². The topological polar surface area (TPSA) is 74.3 Å². The van der Waals surface area contributed by atoms with Gasteiger partial charge in [0.25, 0.3) is 0 Å². The molecule has 6 heteroatoms. The minimum Gasteiger partial charge on any atom is -0.326 e. The van der Waals surface area contributed by atoms with Gasteiger partial charge in [0, 0.05) is 43.8 Å². The summed E-state index contributed by atoms with van der Waals surface area (Å²) in [5, 5.41) is 5.56. The molecule has 0 unspecified atom stereocenters.